The zero-order chi connectivity index (χ0) is 20.5. The van der Waals surface area contributed by atoms with Gasteiger partial charge in [0.2, 0.25) is 5.91 Å². The van der Waals surface area contributed by atoms with Gasteiger partial charge in [0, 0.05) is 33.6 Å². The fraction of sp³-hybridized carbons (Fsp3) is 0.455. The van der Waals surface area contributed by atoms with Gasteiger partial charge in [-0.3, -0.25) is 4.79 Å². The molecule has 0 spiro atoms. The van der Waals surface area contributed by atoms with Crippen molar-refractivity contribution in [2.24, 2.45) is 0 Å². The first-order valence-corrected chi connectivity index (χ1v) is 10.6. The van der Waals surface area contributed by atoms with Crippen LogP contribution >= 0.6 is 11.6 Å². The van der Waals surface area contributed by atoms with Crippen LogP contribution in [0.15, 0.2) is 18.2 Å². The van der Waals surface area contributed by atoms with Crippen molar-refractivity contribution in [3.05, 3.63) is 51.6 Å². The van der Waals surface area contributed by atoms with Crippen LogP contribution in [-0.2, 0) is 11.2 Å². The van der Waals surface area contributed by atoms with Gasteiger partial charge < -0.3 is 5.32 Å². The number of benzene rings is 1. The lowest BCUT2D eigenvalue weighted by atomic mass is 9.89. The maximum Gasteiger partial charge on any atom is 0.252 e. The average molecular weight is 412 g/mol. The Labute approximate surface area is 175 Å². The van der Waals surface area contributed by atoms with Gasteiger partial charge in [-0.25, -0.2) is 9.50 Å². The van der Waals surface area contributed by atoms with Gasteiger partial charge in [0.05, 0.1) is 6.42 Å². The van der Waals surface area contributed by atoms with Gasteiger partial charge in [0.1, 0.15) is 0 Å². The second-order valence-corrected chi connectivity index (χ2v) is 8.32. The first-order valence-electron chi connectivity index (χ1n) is 10.2. The molecular formula is C22H26ClN5O. The molecule has 0 unspecified atom stereocenters. The van der Waals surface area contributed by atoms with Crippen molar-refractivity contribution >= 4 is 29.0 Å². The second kappa shape index (κ2) is 8.11. The number of nitrogens with one attached hydrogen (secondary N) is 1. The zero-order valence-corrected chi connectivity index (χ0v) is 17.9. The monoisotopic (exact) mass is 411 g/mol. The average Bonchev–Trinajstić information content (AvgIpc) is 3.13. The summed E-state index contributed by atoms with van der Waals surface area (Å²) >= 11 is 6.16. The van der Waals surface area contributed by atoms with Crippen LogP contribution in [-0.4, -0.2) is 25.5 Å². The minimum atomic E-state index is -0.102. The van der Waals surface area contributed by atoms with Crippen molar-refractivity contribution in [1.82, 2.24) is 19.6 Å². The molecule has 0 aliphatic heterocycles. The van der Waals surface area contributed by atoms with E-state index in [9.17, 15) is 4.79 Å². The SMILES string of the molecule is Cc1nc2nc(C3CCCCC3)nn2c(C)c1CC(=O)Nc1cccc(Cl)c1C. The molecule has 1 aliphatic carbocycles. The zero-order valence-electron chi connectivity index (χ0n) is 17.1. The van der Waals surface area contributed by atoms with E-state index in [0.29, 0.717) is 16.7 Å². The Bertz CT molecular complexity index is 1070. The lowest BCUT2D eigenvalue weighted by Crippen LogP contribution is -2.18. The molecule has 1 aliphatic rings. The number of amides is 1. The number of fused-ring (bicyclic) bond motifs is 1. The van der Waals surface area contributed by atoms with Gasteiger partial charge in [0.25, 0.3) is 5.78 Å². The van der Waals surface area contributed by atoms with Crippen LogP contribution in [0.25, 0.3) is 5.78 Å². The Morgan fingerprint density at radius 1 is 1.17 bits per heavy atom. The van der Waals surface area contributed by atoms with Gasteiger partial charge in [0.15, 0.2) is 5.82 Å². The van der Waals surface area contributed by atoms with Crippen molar-refractivity contribution in [3.63, 3.8) is 0 Å². The standard InChI is InChI=1S/C22H26ClN5O/c1-13-18(23)10-7-11-19(13)25-20(29)12-17-14(2)24-22-26-21(27-28(22)15(17)3)16-8-5-4-6-9-16/h7,10-11,16H,4-6,8-9,12H2,1-3H3,(H,25,29). The second-order valence-electron chi connectivity index (χ2n) is 7.92. The van der Waals surface area contributed by atoms with E-state index in [1.165, 1.54) is 19.3 Å². The van der Waals surface area contributed by atoms with E-state index in [4.69, 9.17) is 21.7 Å². The maximum absolute atomic E-state index is 12.7. The van der Waals surface area contributed by atoms with Gasteiger partial charge in [-0.1, -0.05) is 36.9 Å². The summed E-state index contributed by atoms with van der Waals surface area (Å²) in [5, 5.41) is 8.35. The molecule has 29 heavy (non-hydrogen) atoms. The highest BCUT2D eigenvalue weighted by atomic mass is 35.5. The Balaban J connectivity index is 1.59. The summed E-state index contributed by atoms with van der Waals surface area (Å²) in [4.78, 5) is 22.0. The molecule has 1 aromatic carbocycles. The lowest BCUT2D eigenvalue weighted by molar-refractivity contribution is -0.115. The molecular weight excluding hydrogens is 386 g/mol. The Morgan fingerprint density at radius 2 is 1.93 bits per heavy atom. The molecule has 7 heteroatoms. The minimum absolute atomic E-state index is 0.102. The summed E-state index contributed by atoms with van der Waals surface area (Å²) in [6.07, 6.45) is 6.28. The van der Waals surface area contributed by atoms with Crippen molar-refractivity contribution in [1.29, 1.82) is 0 Å². The smallest absolute Gasteiger partial charge is 0.252 e. The predicted molar refractivity (Wildman–Crippen MR) is 115 cm³/mol. The highest BCUT2D eigenvalue weighted by Crippen LogP contribution is 2.31. The number of carbonyl (C=O) groups excluding carboxylic acids is 1. The molecule has 1 amide bonds. The van der Waals surface area contributed by atoms with Gasteiger partial charge in [-0.2, -0.15) is 4.98 Å². The number of anilines is 1. The number of halogens is 1. The fourth-order valence-electron chi connectivity index (χ4n) is 4.11. The van der Waals surface area contributed by atoms with E-state index in [1.54, 1.807) is 4.52 Å². The third kappa shape index (κ3) is 3.99. The molecule has 6 nitrogen and oxygen atoms in total. The van der Waals surface area contributed by atoms with Crippen molar-refractivity contribution in [2.45, 2.75) is 65.2 Å². The Kier molecular flexibility index (Phi) is 5.54. The van der Waals surface area contributed by atoms with Crippen molar-refractivity contribution in [2.75, 3.05) is 5.32 Å². The van der Waals surface area contributed by atoms with Crippen LogP contribution in [0.4, 0.5) is 5.69 Å². The number of hydrogen-bond acceptors (Lipinski definition) is 4. The Hall–Kier alpha value is -2.47. The highest BCUT2D eigenvalue weighted by molar-refractivity contribution is 6.31. The maximum atomic E-state index is 12.7. The first-order chi connectivity index (χ1) is 13.9. The van der Waals surface area contributed by atoms with E-state index < -0.39 is 0 Å². The summed E-state index contributed by atoms with van der Waals surface area (Å²) in [6.45, 7) is 5.80. The van der Waals surface area contributed by atoms with Crippen LogP contribution in [0.5, 0.6) is 0 Å². The molecule has 0 bridgehead atoms. The number of hydrogen-bond donors (Lipinski definition) is 1. The molecule has 1 saturated carbocycles. The number of nitrogens with zero attached hydrogens (tertiary/aromatic N) is 4. The molecule has 1 N–H and O–H groups in total. The van der Waals surface area contributed by atoms with Crippen LogP contribution in [0.2, 0.25) is 5.02 Å². The molecule has 2 heterocycles. The van der Waals surface area contributed by atoms with E-state index >= 15 is 0 Å². The van der Waals surface area contributed by atoms with Crippen molar-refractivity contribution in [3.8, 4) is 0 Å². The summed E-state index contributed by atoms with van der Waals surface area (Å²) < 4.78 is 1.80. The van der Waals surface area contributed by atoms with E-state index in [2.05, 4.69) is 10.3 Å². The Morgan fingerprint density at radius 3 is 2.69 bits per heavy atom. The molecule has 0 saturated heterocycles. The number of aromatic nitrogens is 4. The number of carbonyl (C=O) groups is 1. The van der Waals surface area contributed by atoms with E-state index in [1.807, 2.05) is 39.0 Å². The summed E-state index contributed by atoms with van der Waals surface area (Å²) in [7, 11) is 0. The molecule has 0 atom stereocenters. The molecule has 2 aromatic heterocycles. The van der Waals surface area contributed by atoms with E-state index in [-0.39, 0.29) is 12.3 Å². The highest BCUT2D eigenvalue weighted by Gasteiger charge is 2.22. The topological polar surface area (TPSA) is 72.2 Å². The van der Waals surface area contributed by atoms with Gasteiger partial charge in [-0.15, -0.1) is 5.10 Å². The summed E-state index contributed by atoms with van der Waals surface area (Å²) in [6, 6.07) is 5.50. The third-order valence-corrected chi connectivity index (χ3v) is 6.32. The van der Waals surface area contributed by atoms with Gasteiger partial charge in [-0.05, 0) is 51.3 Å². The van der Waals surface area contributed by atoms with Crippen LogP contribution in [0, 0.1) is 20.8 Å². The number of aryl methyl sites for hydroxylation is 2. The summed E-state index contributed by atoms with van der Waals surface area (Å²) in [5.74, 6) is 1.82. The molecule has 0 radical (unpaired) electrons. The van der Waals surface area contributed by atoms with E-state index in [0.717, 1.165) is 46.9 Å². The van der Waals surface area contributed by atoms with Crippen LogP contribution in [0.1, 0.15) is 66.4 Å². The normalized spacial score (nSPS) is 15.0. The number of rotatable bonds is 4. The quantitative estimate of drug-likeness (QED) is 0.660. The van der Waals surface area contributed by atoms with Crippen LogP contribution < -0.4 is 5.32 Å². The summed E-state index contributed by atoms with van der Waals surface area (Å²) in [5.41, 5.74) is 4.20. The molecule has 4 rings (SSSR count). The fourth-order valence-corrected chi connectivity index (χ4v) is 4.29. The van der Waals surface area contributed by atoms with Crippen LogP contribution in [0.3, 0.4) is 0 Å². The van der Waals surface area contributed by atoms with Gasteiger partial charge >= 0.3 is 0 Å². The third-order valence-electron chi connectivity index (χ3n) is 5.91. The molecule has 152 valence electrons. The predicted octanol–water partition coefficient (Wildman–Crippen LogP) is 4.93. The minimum Gasteiger partial charge on any atom is -0.326 e. The largest absolute Gasteiger partial charge is 0.326 e. The molecule has 1 fully saturated rings. The first kappa shape index (κ1) is 19.8. The van der Waals surface area contributed by atoms with Crippen molar-refractivity contribution < 1.29 is 4.79 Å². The lowest BCUT2D eigenvalue weighted by Gasteiger charge is -2.17. The molecule has 3 aromatic rings.